The summed E-state index contributed by atoms with van der Waals surface area (Å²) in [5, 5.41) is 1.03. The van der Waals surface area contributed by atoms with E-state index in [9.17, 15) is 9.59 Å². The standard InChI is InChI=1S/C25H30N2O6S/c1-4-13-32-19-7-9-20(10-8-19)33-15-16-34-25-26-22-17-18(24(29)31-3)6-11-21(22)23(28)27(25)12-5-14-30-2/h6-11,17H,4-5,12-16H2,1-3H3. The molecule has 0 radical (unpaired) electrons. The Balaban J connectivity index is 1.73. The molecule has 0 atom stereocenters. The fourth-order valence-corrected chi connectivity index (χ4v) is 4.11. The summed E-state index contributed by atoms with van der Waals surface area (Å²) >= 11 is 1.43. The summed E-state index contributed by atoms with van der Waals surface area (Å²) in [6.45, 7) is 4.21. The van der Waals surface area contributed by atoms with E-state index in [0.29, 0.717) is 60.2 Å². The molecular formula is C25H30N2O6S. The van der Waals surface area contributed by atoms with Crippen LogP contribution in [0.4, 0.5) is 0 Å². The van der Waals surface area contributed by atoms with Gasteiger partial charge in [0.2, 0.25) is 0 Å². The molecule has 3 rings (SSSR count). The van der Waals surface area contributed by atoms with Crippen LogP contribution in [0.5, 0.6) is 11.5 Å². The first-order valence-corrected chi connectivity index (χ1v) is 12.2. The third kappa shape index (κ3) is 6.74. The Hall–Kier alpha value is -3.04. The Morgan fingerprint density at radius 3 is 2.35 bits per heavy atom. The van der Waals surface area contributed by atoms with Crippen molar-refractivity contribution in [2.45, 2.75) is 31.5 Å². The number of carbonyl (C=O) groups is 1. The highest BCUT2D eigenvalue weighted by atomic mass is 32.2. The lowest BCUT2D eigenvalue weighted by molar-refractivity contribution is 0.0601. The molecule has 8 nitrogen and oxygen atoms in total. The van der Waals surface area contributed by atoms with Crippen molar-refractivity contribution < 1.29 is 23.7 Å². The summed E-state index contributed by atoms with van der Waals surface area (Å²) in [6.07, 6.45) is 1.64. The molecule has 1 heterocycles. The SMILES string of the molecule is CCCOc1ccc(OCCSc2nc3cc(C(=O)OC)ccc3c(=O)n2CCCOC)cc1. The maximum atomic E-state index is 13.2. The molecule has 0 amide bonds. The number of carbonyl (C=O) groups excluding carboxylic acids is 1. The number of thioether (sulfide) groups is 1. The quantitative estimate of drug-likeness (QED) is 0.154. The molecule has 0 saturated carbocycles. The van der Waals surface area contributed by atoms with E-state index in [1.807, 2.05) is 24.3 Å². The maximum Gasteiger partial charge on any atom is 0.337 e. The van der Waals surface area contributed by atoms with Crippen molar-refractivity contribution in [1.29, 1.82) is 0 Å². The van der Waals surface area contributed by atoms with Gasteiger partial charge in [-0.2, -0.15) is 0 Å². The van der Waals surface area contributed by atoms with Crippen LogP contribution in [-0.4, -0.2) is 55.3 Å². The van der Waals surface area contributed by atoms with Crippen LogP contribution in [0.25, 0.3) is 10.9 Å². The monoisotopic (exact) mass is 486 g/mol. The van der Waals surface area contributed by atoms with Gasteiger partial charge in [-0.3, -0.25) is 9.36 Å². The zero-order valence-corrected chi connectivity index (χ0v) is 20.6. The van der Waals surface area contributed by atoms with Crippen molar-refractivity contribution in [1.82, 2.24) is 9.55 Å². The van der Waals surface area contributed by atoms with Crippen LogP contribution in [-0.2, 0) is 16.0 Å². The van der Waals surface area contributed by atoms with Gasteiger partial charge in [-0.15, -0.1) is 0 Å². The van der Waals surface area contributed by atoms with Crippen molar-refractivity contribution in [2.75, 3.05) is 39.8 Å². The molecule has 0 unspecified atom stereocenters. The lowest BCUT2D eigenvalue weighted by Crippen LogP contribution is -2.24. The van der Waals surface area contributed by atoms with E-state index in [1.54, 1.807) is 29.9 Å². The first-order chi connectivity index (χ1) is 16.6. The van der Waals surface area contributed by atoms with Crippen molar-refractivity contribution in [3.05, 3.63) is 58.4 Å². The Kier molecular flexibility index (Phi) is 9.78. The number of benzene rings is 2. The zero-order valence-electron chi connectivity index (χ0n) is 19.7. The molecule has 9 heteroatoms. The largest absolute Gasteiger partial charge is 0.494 e. The van der Waals surface area contributed by atoms with E-state index in [1.165, 1.54) is 18.9 Å². The molecule has 3 aromatic rings. The molecule has 0 spiro atoms. The van der Waals surface area contributed by atoms with E-state index < -0.39 is 5.97 Å². The number of hydrogen-bond donors (Lipinski definition) is 0. The van der Waals surface area contributed by atoms with Gasteiger partial charge in [0.25, 0.3) is 5.56 Å². The third-order valence-corrected chi connectivity index (χ3v) is 5.89. The number of nitrogens with zero attached hydrogens (tertiary/aromatic N) is 2. The Morgan fingerprint density at radius 1 is 1.00 bits per heavy atom. The van der Waals surface area contributed by atoms with Gasteiger partial charge in [0.1, 0.15) is 11.5 Å². The molecule has 0 bridgehead atoms. The summed E-state index contributed by atoms with van der Waals surface area (Å²) in [7, 11) is 2.95. The summed E-state index contributed by atoms with van der Waals surface area (Å²) in [5.74, 6) is 1.68. The van der Waals surface area contributed by atoms with Crippen LogP contribution in [0.15, 0.2) is 52.4 Å². The van der Waals surface area contributed by atoms with E-state index in [4.69, 9.17) is 18.9 Å². The summed E-state index contributed by atoms with van der Waals surface area (Å²) in [5.41, 5.74) is 0.662. The van der Waals surface area contributed by atoms with Gasteiger partial charge in [-0.05, 0) is 55.3 Å². The van der Waals surface area contributed by atoms with Crippen molar-refractivity contribution in [3.8, 4) is 11.5 Å². The Labute approximate surface area is 203 Å². The molecule has 0 N–H and O–H groups in total. The zero-order chi connectivity index (χ0) is 24.3. The number of methoxy groups -OCH3 is 2. The van der Waals surface area contributed by atoms with Crippen LogP contribution >= 0.6 is 11.8 Å². The fourth-order valence-electron chi connectivity index (χ4n) is 3.26. The predicted octanol–water partition coefficient (Wildman–Crippen LogP) is 4.18. The highest BCUT2D eigenvalue weighted by molar-refractivity contribution is 7.99. The molecule has 34 heavy (non-hydrogen) atoms. The van der Waals surface area contributed by atoms with Crippen molar-refractivity contribution in [3.63, 3.8) is 0 Å². The first kappa shape index (κ1) is 25.6. The van der Waals surface area contributed by atoms with Gasteiger partial charge in [-0.25, -0.2) is 9.78 Å². The molecular weight excluding hydrogens is 456 g/mol. The second-order valence-corrected chi connectivity index (χ2v) is 8.50. The molecule has 0 saturated heterocycles. The molecule has 1 aromatic heterocycles. The van der Waals surface area contributed by atoms with Gasteiger partial charge in [0, 0.05) is 26.0 Å². The molecule has 182 valence electrons. The summed E-state index contributed by atoms with van der Waals surface area (Å²) in [4.78, 5) is 29.8. The molecule has 0 aliphatic carbocycles. The number of esters is 1. The average Bonchev–Trinajstić information content (AvgIpc) is 2.86. The lowest BCUT2D eigenvalue weighted by Gasteiger charge is -2.14. The van der Waals surface area contributed by atoms with E-state index in [0.717, 1.165) is 17.9 Å². The van der Waals surface area contributed by atoms with Gasteiger partial charge in [-0.1, -0.05) is 18.7 Å². The van der Waals surface area contributed by atoms with Crippen LogP contribution in [0.1, 0.15) is 30.1 Å². The number of aromatic nitrogens is 2. The predicted molar refractivity (Wildman–Crippen MR) is 132 cm³/mol. The second-order valence-electron chi connectivity index (χ2n) is 7.44. The Morgan fingerprint density at radius 2 is 1.71 bits per heavy atom. The minimum absolute atomic E-state index is 0.149. The summed E-state index contributed by atoms with van der Waals surface area (Å²) in [6, 6.07) is 12.3. The van der Waals surface area contributed by atoms with Gasteiger partial charge in [0.05, 0.1) is 36.8 Å². The van der Waals surface area contributed by atoms with E-state index >= 15 is 0 Å². The van der Waals surface area contributed by atoms with E-state index in [2.05, 4.69) is 11.9 Å². The highest BCUT2D eigenvalue weighted by Crippen LogP contribution is 2.21. The minimum atomic E-state index is -0.471. The lowest BCUT2D eigenvalue weighted by atomic mass is 10.1. The molecule has 0 aliphatic heterocycles. The average molecular weight is 487 g/mol. The first-order valence-electron chi connectivity index (χ1n) is 11.2. The normalized spacial score (nSPS) is 10.9. The van der Waals surface area contributed by atoms with Crippen LogP contribution in [0.3, 0.4) is 0 Å². The van der Waals surface area contributed by atoms with Gasteiger partial charge >= 0.3 is 5.97 Å². The molecule has 2 aromatic carbocycles. The molecule has 0 aliphatic rings. The highest BCUT2D eigenvalue weighted by Gasteiger charge is 2.14. The molecule has 0 fully saturated rings. The minimum Gasteiger partial charge on any atom is -0.494 e. The maximum absolute atomic E-state index is 13.2. The van der Waals surface area contributed by atoms with E-state index in [-0.39, 0.29) is 5.56 Å². The number of ether oxygens (including phenoxy) is 4. The summed E-state index contributed by atoms with van der Waals surface area (Å²) < 4.78 is 23.0. The van der Waals surface area contributed by atoms with Crippen molar-refractivity contribution in [2.24, 2.45) is 0 Å². The number of hydrogen-bond acceptors (Lipinski definition) is 8. The number of fused-ring (bicyclic) bond motifs is 1. The van der Waals surface area contributed by atoms with Crippen molar-refractivity contribution >= 4 is 28.6 Å². The Bertz CT molecular complexity index is 1150. The van der Waals surface area contributed by atoms with Crippen LogP contribution in [0, 0.1) is 0 Å². The fraction of sp³-hybridized carbons (Fsp3) is 0.400. The van der Waals surface area contributed by atoms with Gasteiger partial charge in [0.15, 0.2) is 5.16 Å². The topological polar surface area (TPSA) is 88.9 Å². The number of rotatable bonds is 13. The third-order valence-electron chi connectivity index (χ3n) is 4.95. The smallest absolute Gasteiger partial charge is 0.337 e. The second kappa shape index (κ2) is 13.0. The van der Waals surface area contributed by atoms with Crippen LogP contribution < -0.4 is 15.0 Å². The van der Waals surface area contributed by atoms with Crippen LogP contribution in [0.2, 0.25) is 0 Å². The van der Waals surface area contributed by atoms with Gasteiger partial charge < -0.3 is 18.9 Å².